The summed E-state index contributed by atoms with van der Waals surface area (Å²) in [5.74, 6) is 0.864. The van der Waals surface area contributed by atoms with E-state index in [1.807, 2.05) is 32.0 Å². The topological polar surface area (TPSA) is 50.4 Å². The third-order valence-electron chi connectivity index (χ3n) is 4.14. The Kier molecular flexibility index (Phi) is 5.23. The van der Waals surface area contributed by atoms with Gasteiger partial charge in [-0.1, -0.05) is 19.4 Å². The molecule has 1 saturated heterocycles. The Morgan fingerprint density at radius 3 is 2.86 bits per heavy atom. The summed E-state index contributed by atoms with van der Waals surface area (Å²) in [6, 6.07) is 5.90. The van der Waals surface area contributed by atoms with Gasteiger partial charge >= 0.3 is 0 Å². The summed E-state index contributed by atoms with van der Waals surface area (Å²) in [5.41, 5.74) is 1.63. The monoisotopic (exact) mass is 290 g/mol. The van der Waals surface area contributed by atoms with E-state index in [1.54, 1.807) is 0 Å². The number of nitrogens with one attached hydrogen (secondary N) is 2. The molecule has 0 aliphatic carbocycles. The van der Waals surface area contributed by atoms with Crippen molar-refractivity contribution in [1.82, 2.24) is 5.32 Å². The standard InChI is InChI=1S/C17H26N2O2/c1-4-8-17(9-10-18-12-17)16(20)19-14-7-6-13(3)11-15(14)21-5-2/h6-7,11,18H,4-5,8-10,12H2,1-3H3,(H,19,20). The van der Waals surface area contributed by atoms with Crippen LogP contribution in [0.1, 0.15) is 38.7 Å². The van der Waals surface area contributed by atoms with Gasteiger partial charge in [-0.2, -0.15) is 0 Å². The molecule has 1 atom stereocenters. The molecule has 0 aromatic heterocycles. The quantitative estimate of drug-likeness (QED) is 0.846. The summed E-state index contributed by atoms with van der Waals surface area (Å²) in [6.45, 7) is 8.38. The normalized spacial score (nSPS) is 21.3. The van der Waals surface area contributed by atoms with Crippen molar-refractivity contribution in [1.29, 1.82) is 0 Å². The van der Waals surface area contributed by atoms with E-state index in [0.717, 1.165) is 49.4 Å². The number of carbonyl (C=O) groups excluding carboxylic acids is 1. The fraction of sp³-hybridized carbons (Fsp3) is 0.588. The predicted molar refractivity (Wildman–Crippen MR) is 85.8 cm³/mol. The van der Waals surface area contributed by atoms with E-state index in [1.165, 1.54) is 0 Å². The van der Waals surface area contributed by atoms with Gasteiger partial charge in [-0.15, -0.1) is 0 Å². The number of aryl methyl sites for hydroxylation is 1. The van der Waals surface area contributed by atoms with E-state index in [0.29, 0.717) is 6.61 Å². The van der Waals surface area contributed by atoms with Crippen LogP contribution in [0, 0.1) is 12.3 Å². The van der Waals surface area contributed by atoms with Crippen molar-refractivity contribution in [2.24, 2.45) is 5.41 Å². The first kappa shape index (κ1) is 15.8. The molecule has 1 aliphatic rings. The van der Waals surface area contributed by atoms with Crippen LogP contribution < -0.4 is 15.4 Å². The number of ether oxygens (including phenoxy) is 1. The molecule has 21 heavy (non-hydrogen) atoms. The lowest BCUT2D eigenvalue weighted by Gasteiger charge is -2.27. The Bertz CT molecular complexity index is 494. The van der Waals surface area contributed by atoms with Gasteiger partial charge in [0, 0.05) is 6.54 Å². The highest BCUT2D eigenvalue weighted by atomic mass is 16.5. The number of carbonyl (C=O) groups is 1. The van der Waals surface area contributed by atoms with Crippen molar-refractivity contribution >= 4 is 11.6 Å². The van der Waals surface area contributed by atoms with E-state index in [9.17, 15) is 4.79 Å². The molecular weight excluding hydrogens is 264 g/mol. The van der Waals surface area contributed by atoms with Gasteiger partial charge in [0.25, 0.3) is 0 Å². The largest absolute Gasteiger partial charge is 0.492 e. The minimum Gasteiger partial charge on any atom is -0.492 e. The van der Waals surface area contributed by atoms with Crippen molar-refractivity contribution in [2.45, 2.75) is 40.0 Å². The maximum Gasteiger partial charge on any atom is 0.232 e. The molecule has 4 nitrogen and oxygen atoms in total. The van der Waals surface area contributed by atoms with Crippen LogP contribution >= 0.6 is 0 Å². The van der Waals surface area contributed by atoms with Crippen molar-refractivity contribution in [3.05, 3.63) is 23.8 Å². The second kappa shape index (κ2) is 6.94. The SMILES string of the molecule is CCCC1(C(=O)Nc2ccc(C)cc2OCC)CCNC1. The molecule has 1 amide bonds. The molecule has 2 N–H and O–H groups in total. The van der Waals surface area contributed by atoms with Gasteiger partial charge in [-0.05, 0) is 50.9 Å². The molecule has 0 saturated carbocycles. The zero-order valence-corrected chi connectivity index (χ0v) is 13.3. The number of amides is 1. The van der Waals surface area contributed by atoms with Gasteiger partial charge in [-0.3, -0.25) is 4.79 Å². The minimum absolute atomic E-state index is 0.110. The van der Waals surface area contributed by atoms with Gasteiger partial charge in [0.05, 0.1) is 17.7 Å². The van der Waals surface area contributed by atoms with Crippen molar-refractivity contribution in [3.63, 3.8) is 0 Å². The van der Waals surface area contributed by atoms with Crippen LogP contribution in [0.25, 0.3) is 0 Å². The molecule has 0 bridgehead atoms. The van der Waals surface area contributed by atoms with Gasteiger partial charge in [0.1, 0.15) is 5.75 Å². The number of rotatable bonds is 6. The van der Waals surface area contributed by atoms with Gasteiger partial charge in [0.2, 0.25) is 5.91 Å². The number of hydrogen-bond acceptors (Lipinski definition) is 3. The molecule has 2 rings (SSSR count). The lowest BCUT2D eigenvalue weighted by atomic mass is 9.81. The third-order valence-corrected chi connectivity index (χ3v) is 4.14. The number of anilines is 1. The summed E-state index contributed by atoms with van der Waals surface area (Å²) < 4.78 is 5.64. The van der Waals surface area contributed by atoms with Crippen LogP contribution in [0.2, 0.25) is 0 Å². The first-order chi connectivity index (χ1) is 10.1. The van der Waals surface area contributed by atoms with E-state index in [4.69, 9.17) is 4.74 Å². The van der Waals surface area contributed by atoms with E-state index < -0.39 is 0 Å². The molecule has 1 heterocycles. The minimum atomic E-state index is -0.275. The Morgan fingerprint density at radius 1 is 1.43 bits per heavy atom. The van der Waals surface area contributed by atoms with Crippen molar-refractivity contribution < 1.29 is 9.53 Å². The Labute approximate surface area is 127 Å². The zero-order chi connectivity index (χ0) is 15.3. The summed E-state index contributed by atoms with van der Waals surface area (Å²) in [5, 5.41) is 6.41. The van der Waals surface area contributed by atoms with Crippen LogP contribution in [0.15, 0.2) is 18.2 Å². The molecule has 0 radical (unpaired) electrons. The van der Waals surface area contributed by atoms with Crippen LogP contribution in [0.5, 0.6) is 5.75 Å². The zero-order valence-electron chi connectivity index (χ0n) is 13.3. The smallest absolute Gasteiger partial charge is 0.232 e. The highest BCUT2D eigenvalue weighted by Crippen LogP contribution is 2.34. The Balaban J connectivity index is 2.18. The maximum atomic E-state index is 12.8. The molecule has 1 aliphatic heterocycles. The molecule has 1 unspecified atom stereocenters. The van der Waals surface area contributed by atoms with Gasteiger partial charge in [-0.25, -0.2) is 0 Å². The molecule has 116 valence electrons. The highest BCUT2D eigenvalue weighted by molar-refractivity contribution is 5.97. The second-order valence-corrected chi connectivity index (χ2v) is 5.84. The Morgan fingerprint density at radius 2 is 2.24 bits per heavy atom. The predicted octanol–water partition coefficient (Wildman–Crippen LogP) is 3.11. The van der Waals surface area contributed by atoms with Crippen molar-refractivity contribution in [3.8, 4) is 5.75 Å². The summed E-state index contributed by atoms with van der Waals surface area (Å²) >= 11 is 0. The van der Waals surface area contributed by atoms with E-state index >= 15 is 0 Å². The third kappa shape index (κ3) is 3.56. The lowest BCUT2D eigenvalue weighted by molar-refractivity contribution is -0.125. The first-order valence-corrected chi connectivity index (χ1v) is 7.87. The van der Waals surface area contributed by atoms with Crippen LogP contribution in [-0.4, -0.2) is 25.6 Å². The molecule has 1 fully saturated rings. The summed E-state index contributed by atoms with van der Waals surface area (Å²) in [4.78, 5) is 12.8. The van der Waals surface area contributed by atoms with E-state index in [-0.39, 0.29) is 11.3 Å². The average molecular weight is 290 g/mol. The van der Waals surface area contributed by atoms with Crippen LogP contribution in [0.4, 0.5) is 5.69 Å². The average Bonchev–Trinajstić information content (AvgIpc) is 2.92. The highest BCUT2D eigenvalue weighted by Gasteiger charge is 2.40. The maximum absolute atomic E-state index is 12.8. The molecule has 1 aromatic carbocycles. The molecule has 0 spiro atoms. The van der Waals surface area contributed by atoms with Gasteiger partial charge < -0.3 is 15.4 Å². The van der Waals surface area contributed by atoms with Crippen molar-refractivity contribution in [2.75, 3.05) is 25.0 Å². The second-order valence-electron chi connectivity index (χ2n) is 5.84. The van der Waals surface area contributed by atoms with Crippen LogP contribution in [0.3, 0.4) is 0 Å². The van der Waals surface area contributed by atoms with E-state index in [2.05, 4.69) is 17.6 Å². The Hall–Kier alpha value is -1.55. The fourth-order valence-electron chi connectivity index (χ4n) is 3.01. The summed E-state index contributed by atoms with van der Waals surface area (Å²) in [7, 11) is 0. The summed E-state index contributed by atoms with van der Waals surface area (Å²) in [6.07, 6.45) is 2.84. The van der Waals surface area contributed by atoms with Gasteiger partial charge in [0.15, 0.2) is 0 Å². The number of hydrogen-bond donors (Lipinski definition) is 2. The molecule has 1 aromatic rings. The first-order valence-electron chi connectivity index (χ1n) is 7.87. The fourth-order valence-corrected chi connectivity index (χ4v) is 3.01. The number of benzene rings is 1. The molecule has 4 heteroatoms. The van der Waals surface area contributed by atoms with Crippen LogP contribution in [-0.2, 0) is 4.79 Å². The lowest BCUT2D eigenvalue weighted by Crippen LogP contribution is -2.38. The molecular formula is C17H26N2O2.